The van der Waals surface area contributed by atoms with E-state index in [2.05, 4.69) is 15.5 Å². The lowest BCUT2D eigenvalue weighted by molar-refractivity contribution is -0.118. The highest BCUT2D eigenvalue weighted by Gasteiger charge is 2.08. The van der Waals surface area contributed by atoms with Crippen LogP contribution in [-0.2, 0) is 4.79 Å². The molecule has 122 valence electrons. The average molecular weight is 341 g/mol. The van der Waals surface area contributed by atoms with Gasteiger partial charge in [0.05, 0.1) is 19.1 Å². The number of hydrogen-bond acceptors (Lipinski definition) is 6. The van der Waals surface area contributed by atoms with Gasteiger partial charge in [-0.25, -0.2) is 10.4 Å². The molecule has 1 amide bonds. The first-order chi connectivity index (χ1) is 11.7. The molecule has 0 saturated carbocycles. The molecule has 7 heteroatoms. The number of nitrogens with one attached hydrogen (secondary N) is 1. The molecule has 0 aliphatic carbocycles. The molecular formula is C17H15N3O3S. The van der Waals surface area contributed by atoms with Crippen molar-refractivity contribution in [2.75, 3.05) is 12.9 Å². The molecule has 6 nitrogen and oxygen atoms in total. The smallest absolute Gasteiger partial charge is 0.257 e. The van der Waals surface area contributed by atoms with Gasteiger partial charge in [-0.05, 0) is 29.8 Å². The van der Waals surface area contributed by atoms with E-state index in [0.717, 1.165) is 16.8 Å². The van der Waals surface area contributed by atoms with Gasteiger partial charge in [-0.3, -0.25) is 4.79 Å². The number of hydrazone groups is 1. The Balaban J connectivity index is 1.51. The van der Waals surface area contributed by atoms with Crippen LogP contribution >= 0.6 is 11.8 Å². The average Bonchev–Trinajstić information content (AvgIpc) is 3.03. The maximum Gasteiger partial charge on any atom is 0.257 e. The SMILES string of the molecule is COc1cccc(/C=N\NC(=O)CSc2nc3ccccc3o2)c1. The van der Waals surface area contributed by atoms with Gasteiger partial charge in [0.2, 0.25) is 0 Å². The third kappa shape index (κ3) is 4.14. The molecule has 0 atom stereocenters. The molecule has 0 bridgehead atoms. The van der Waals surface area contributed by atoms with E-state index < -0.39 is 0 Å². The number of hydrogen-bond donors (Lipinski definition) is 1. The molecule has 2 aromatic carbocycles. The number of carbonyl (C=O) groups is 1. The van der Waals surface area contributed by atoms with Gasteiger partial charge < -0.3 is 9.15 Å². The van der Waals surface area contributed by atoms with E-state index in [0.29, 0.717) is 10.8 Å². The Hall–Kier alpha value is -2.80. The summed E-state index contributed by atoms with van der Waals surface area (Å²) in [7, 11) is 1.60. The summed E-state index contributed by atoms with van der Waals surface area (Å²) in [4.78, 5) is 16.1. The highest BCUT2D eigenvalue weighted by Crippen LogP contribution is 2.22. The van der Waals surface area contributed by atoms with Gasteiger partial charge in [-0.2, -0.15) is 5.10 Å². The lowest BCUT2D eigenvalue weighted by Crippen LogP contribution is -2.19. The maximum absolute atomic E-state index is 11.8. The fraction of sp³-hybridized carbons (Fsp3) is 0.118. The van der Waals surface area contributed by atoms with Crippen molar-refractivity contribution < 1.29 is 13.9 Å². The zero-order valence-electron chi connectivity index (χ0n) is 12.9. The van der Waals surface area contributed by atoms with Crippen LogP contribution in [0.1, 0.15) is 5.56 Å². The number of aromatic nitrogens is 1. The van der Waals surface area contributed by atoms with E-state index in [9.17, 15) is 4.79 Å². The number of ether oxygens (including phenoxy) is 1. The second kappa shape index (κ2) is 7.65. The second-order valence-electron chi connectivity index (χ2n) is 4.81. The quantitative estimate of drug-likeness (QED) is 0.423. The molecule has 0 unspecified atom stereocenters. The molecule has 0 saturated heterocycles. The number of rotatable bonds is 6. The minimum Gasteiger partial charge on any atom is -0.497 e. The first-order valence-corrected chi connectivity index (χ1v) is 8.17. The van der Waals surface area contributed by atoms with Crippen molar-refractivity contribution in [2.45, 2.75) is 5.22 Å². The fourth-order valence-corrected chi connectivity index (χ4v) is 2.60. The van der Waals surface area contributed by atoms with Crippen LogP contribution in [0.5, 0.6) is 5.75 Å². The van der Waals surface area contributed by atoms with Crippen LogP contribution < -0.4 is 10.2 Å². The van der Waals surface area contributed by atoms with Crippen LogP contribution in [0.2, 0.25) is 0 Å². The fourth-order valence-electron chi connectivity index (χ4n) is 1.97. The van der Waals surface area contributed by atoms with Gasteiger partial charge in [0.25, 0.3) is 11.1 Å². The highest BCUT2D eigenvalue weighted by molar-refractivity contribution is 7.99. The summed E-state index contributed by atoms with van der Waals surface area (Å²) in [5.74, 6) is 0.667. The lowest BCUT2D eigenvalue weighted by atomic mass is 10.2. The molecule has 3 aromatic rings. The van der Waals surface area contributed by atoms with Crippen molar-refractivity contribution in [3.8, 4) is 5.75 Å². The summed E-state index contributed by atoms with van der Waals surface area (Å²) >= 11 is 1.22. The molecule has 0 spiro atoms. The number of carbonyl (C=O) groups excluding carboxylic acids is 1. The second-order valence-corrected chi connectivity index (χ2v) is 5.73. The zero-order valence-corrected chi connectivity index (χ0v) is 13.7. The standard InChI is InChI=1S/C17H15N3O3S/c1-22-13-6-4-5-12(9-13)10-18-20-16(21)11-24-17-19-14-7-2-3-8-15(14)23-17/h2-10H,11H2,1H3,(H,20,21)/b18-10-. The Morgan fingerprint density at radius 2 is 2.21 bits per heavy atom. The minimum atomic E-state index is -0.235. The molecule has 3 rings (SSSR count). The summed E-state index contributed by atoms with van der Waals surface area (Å²) in [6, 6.07) is 14.8. The zero-order chi connectivity index (χ0) is 16.8. The van der Waals surface area contributed by atoms with Crippen molar-refractivity contribution in [3.63, 3.8) is 0 Å². The highest BCUT2D eigenvalue weighted by atomic mass is 32.2. The first kappa shape index (κ1) is 16.1. The van der Waals surface area contributed by atoms with Crippen LogP contribution in [0, 0.1) is 0 Å². The number of thioether (sulfide) groups is 1. The number of methoxy groups -OCH3 is 1. The van der Waals surface area contributed by atoms with Crippen molar-refractivity contribution in [1.82, 2.24) is 10.4 Å². The number of oxazole rings is 1. The molecule has 0 aliphatic rings. The summed E-state index contributed by atoms with van der Waals surface area (Å²) in [6.07, 6.45) is 1.56. The number of benzene rings is 2. The number of amides is 1. The van der Waals surface area contributed by atoms with Crippen LogP contribution in [0.25, 0.3) is 11.1 Å². The summed E-state index contributed by atoms with van der Waals surface area (Å²) < 4.78 is 10.7. The minimum absolute atomic E-state index is 0.169. The van der Waals surface area contributed by atoms with Gasteiger partial charge in [0.1, 0.15) is 11.3 Å². The molecule has 1 heterocycles. The number of fused-ring (bicyclic) bond motifs is 1. The van der Waals surface area contributed by atoms with E-state index in [1.54, 1.807) is 13.3 Å². The lowest BCUT2D eigenvalue weighted by Gasteiger charge is -2.00. The van der Waals surface area contributed by atoms with Crippen LogP contribution in [0.15, 0.2) is 63.3 Å². The largest absolute Gasteiger partial charge is 0.497 e. The van der Waals surface area contributed by atoms with E-state index >= 15 is 0 Å². The maximum atomic E-state index is 11.8. The Kier molecular flexibility index (Phi) is 5.12. The molecule has 1 aromatic heterocycles. The van der Waals surface area contributed by atoms with E-state index in [-0.39, 0.29) is 11.7 Å². The molecule has 24 heavy (non-hydrogen) atoms. The van der Waals surface area contributed by atoms with E-state index in [1.165, 1.54) is 11.8 Å². The summed E-state index contributed by atoms with van der Waals surface area (Å²) in [6.45, 7) is 0. The van der Waals surface area contributed by atoms with Crippen molar-refractivity contribution in [2.24, 2.45) is 5.10 Å². The van der Waals surface area contributed by atoms with Gasteiger partial charge in [-0.1, -0.05) is 36.0 Å². The molecular weight excluding hydrogens is 326 g/mol. The molecule has 0 radical (unpaired) electrons. The third-order valence-electron chi connectivity index (χ3n) is 3.10. The monoisotopic (exact) mass is 341 g/mol. The Labute approximate surface area is 142 Å². The Bertz CT molecular complexity index is 843. The normalized spacial score (nSPS) is 11.0. The van der Waals surface area contributed by atoms with Crippen LogP contribution in [0.4, 0.5) is 0 Å². The predicted octanol–water partition coefficient (Wildman–Crippen LogP) is 3.08. The van der Waals surface area contributed by atoms with Gasteiger partial charge in [0.15, 0.2) is 5.58 Å². The number of nitrogens with zero attached hydrogens (tertiary/aromatic N) is 2. The Morgan fingerprint density at radius 1 is 1.33 bits per heavy atom. The molecule has 0 fully saturated rings. The molecule has 0 aliphatic heterocycles. The van der Waals surface area contributed by atoms with Gasteiger partial charge >= 0.3 is 0 Å². The van der Waals surface area contributed by atoms with Gasteiger partial charge in [0, 0.05) is 0 Å². The topological polar surface area (TPSA) is 76.7 Å². The van der Waals surface area contributed by atoms with E-state index in [1.807, 2.05) is 48.5 Å². The summed E-state index contributed by atoms with van der Waals surface area (Å²) in [5.41, 5.74) is 4.79. The van der Waals surface area contributed by atoms with Crippen molar-refractivity contribution in [3.05, 3.63) is 54.1 Å². The summed E-state index contributed by atoms with van der Waals surface area (Å²) in [5, 5.41) is 4.39. The number of para-hydroxylation sites is 2. The van der Waals surface area contributed by atoms with Crippen molar-refractivity contribution >= 4 is 35.0 Å². The predicted molar refractivity (Wildman–Crippen MR) is 93.5 cm³/mol. The first-order valence-electron chi connectivity index (χ1n) is 7.19. The van der Waals surface area contributed by atoms with Crippen molar-refractivity contribution in [1.29, 1.82) is 0 Å². The van der Waals surface area contributed by atoms with E-state index in [4.69, 9.17) is 9.15 Å². The van der Waals surface area contributed by atoms with Crippen LogP contribution in [-0.4, -0.2) is 30.0 Å². The van der Waals surface area contributed by atoms with Crippen LogP contribution in [0.3, 0.4) is 0 Å². The molecule has 1 N–H and O–H groups in total. The Morgan fingerprint density at radius 3 is 3.04 bits per heavy atom. The third-order valence-corrected chi connectivity index (χ3v) is 3.93. The van der Waals surface area contributed by atoms with Gasteiger partial charge in [-0.15, -0.1) is 0 Å².